The van der Waals surface area contributed by atoms with Gasteiger partial charge >= 0.3 is 0 Å². The predicted molar refractivity (Wildman–Crippen MR) is 58.3 cm³/mol. The van der Waals surface area contributed by atoms with E-state index < -0.39 is 0 Å². The van der Waals surface area contributed by atoms with Gasteiger partial charge in [-0.05, 0) is 38.0 Å². The fraction of sp³-hybridized carbons (Fsp3) is 1.00. The molecule has 82 valence electrons. The normalized spacial score (nSPS) is 49.5. The third-order valence-corrected chi connectivity index (χ3v) is 3.58. The Bertz CT molecular complexity index is 189. The van der Waals surface area contributed by atoms with E-state index in [0.717, 1.165) is 24.9 Å². The fourth-order valence-corrected chi connectivity index (χ4v) is 3.46. The molecule has 14 heavy (non-hydrogen) atoms. The summed E-state index contributed by atoms with van der Waals surface area (Å²) in [6.45, 7) is 8.98. The molecule has 0 aromatic heterocycles. The number of hydrogen-bond donors (Lipinski definition) is 1. The Morgan fingerprint density at radius 2 is 1.79 bits per heavy atom. The quantitative estimate of drug-likeness (QED) is 0.643. The van der Waals surface area contributed by atoms with Crippen LogP contribution in [0.3, 0.4) is 0 Å². The summed E-state index contributed by atoms with van der Waals surface area (Å²) in [5, 5.41) is 3.51. The molecule has 3 unspecified atom stereocenters. The van der Waals surface area contributed by atoms with Crippen LogP contribution in [0.5, 0.6) is 0 Å². The smallest absolute Gasteiger partial charge is 0.0815 e. The molecule has 2 nitrogen and oxygen atoms in total. The van der Waals surface area contributed by atoms with E-state index in [-0.39, 0.29) is 5.60 Å². The molecule has 0 aromatic carbocycles. The van der Waals surface area contributed by atoms with E-state index in [0.29, 0.717) is 6.10 Å². The number of rotatable bonds is 0. The van der Waals surface area contributed by atoms with Crippen LogP contribution >= 0.6 is 0 Å². The third kappa shape index (κ3) is 2.12. The molecule has 2 heteroatoms. The molecule has 1 N–H and O–H groups in total. The molecule has 3 atom stereocenters. The first-order valence-corrected chi connectivity index (χ1v) is 5.98. The average Bonchev–Trinajstić information content (AvgIpc) is 1.99. The van der Waals surface area contributed by atoms with Crippen LogP contribution in [0, 0.1) is 11.8 Å². The van der Waals surface area contributed by atoms with Gasteiger partial charge in [0.2, 0.25) is 0 Å². The Kier molecular flexibility index (Phi) is 2.85. The van der Waals surface area contributed by atoms with Crippen molar-refractivity contribution >= 4 is 0 Å². The minimum atomic E-state index is 0.161. The summed E-state index contributed by atoms with van der Waals surface area (Å²) in [6.07, 6.45) is 4.25. The molecule has 1 saturated carbocycles. The first-order valence-electron chi connectivity index (χ1n) is 5.98. The van der Waals surface area contributed by atoms with Crippen LogP contribution in [-0.4, -0.2) is 24.8 Å². The first-order chi connectivity index (χ1) is 6.60. The van der Waals surface area contributed by atoms with Gasteiger partial charge in [0, 0.05) is 13.1 Å². The number of ether oxygens (including phenoxy) is 1. The molecule has 1 aliphatic carbocycles. The van der Waals surface area contributed by atoms with Crippen molar-refractivity contribution in [2.24, 2.45) is 11.8 Å². The zero-order valence-electron chi connectivity index (χ0n) is 9.68. The van der Waals surface area contributed by atoms with Crippen molar-refractivity contribution in [3.8, 4) is 0 Å². The van der Waals surface area contributed by atoms with Crippen LogP contribution in [0.25, 0.3) is 0 Å². The molecule has 1 heterocycles. The zero-order valence-corrected chi connectivity index (χ0v) is 9.68. The number of hydrogen-bond acceptors (Lipinski definition) is 2. The van der Waals surface area contributed by atoms with Gasteiger partial charge in [-0.15, -0.1) is 0 Å². The van der Waals surface area contributed by atoms with Crippen LogP contribution in [-0.2, 0) is 4.74 Å². The van der Waals surface area contributed by atoms with Crippen LogP contribution in [0.2, 0.25) is 0 Å². The topological polar surface area (TPSA) is 21.3 Å². The maximum absolute atomic E-state index is 6.19. The van der Waals surface area contributed by atoms with E-state index in [9.17, 15) is 0 Å². The Morgan fingerprint density at radius 3 is 2.36 bits per heavy atom. The summed E-state index contributed by atoms with van der Waals surface area (Å²) in [4.78, 5) is 0. The van der Waals surface area contributed by atoms with Crippen molar-refractivity contribution in [3.05, 3.63) is 0 Å². The number of morpholine rings is 1. The van der Waals surface area contributed by atoms with E-state index in [1.807, 2.05) is 0 Å². The van der Waals surface area contributed by atoms with Crippen LogP contribution in [0.15, 0.2) is 0 Å². The minimum absolute atomic E-state index is 0.161. The van der Waals surface area contributed by atoms with Crippen LogP contribution in [0.1, 0.15) is 40.0 Å². The standard InChI is InChI=1S/C12H23NO/c1-9-4-10(2)6-12(5-9)8-13-7-11(3)14-12/h9-11,13H,4-8H2,1-3H3. The van der Waals surface area contributed by atoms with Crippen molar-refractivity contribution in [3.63, 3.8) is 0 Å². The predicted octanol–water partition coefficient (Wildman–Crippen LogP) is 2.19. The summed E-state index contributed by atoms with van der Waals surface area (Å²) in [5.41, 5.74) is 0.161. The summed E-state index contributed by atoms with van der Waals surface area (Å²) < 4.78 is 6.19. The Morgan fingerprint density at radius 1 is 1.14 bits per heavy atom. The lowest BCUT2D eigenvalue weighted by Crippen LogP contribution is -2.56. The number of nitrogens with one attached hydrogen (secondary N) is 1. The van der Waals surface area contributed by atoms with E-state index >= 15 is 0 Å². The molecule has 0 bridgehead atoms. The van der Waals surface area contributed by atoms with Crippen molar-refractivity contribution in [2.45, 2.75) is 51.7 Å². The van der Waals surface area contributed by atoms with Crippen LogP contribution < -0.4 is 5.32 Å². The molecular formula is C12H23NO. The minimum Gasteiger partial charge on any atom is -0.369 e. The third-order valence-electron chi connectivity index (χ3n) is 3.58. The van der Waals surface area contributed by atoms with E-state index in [1.165, 1.54) is 19.3 Å². The van der Waals surface area contributed by atoms with Gasteiger partial charge in [0.1, 0.15) is 0 Å². The molecule has 2 rings (SSSR count). The Labute approximate surface area is 87.4 Å². The SMILES string of the molecule is CC1CC(C)CC2(CNCC(C)O2)C1. The van der Waals surface area contributed by atoms with E-state index in [1.54, 1.807) is 0 Å². The lowest BCUT2D eigenvalue weighted by Gasteiger charge is -2.47. The highest BCUT2D eigenvalue weighted by Crippen LogP contribution is 2.39. The summed E-state index contributed by atoms with van der Waals surface area (Å²) in [6, 6.07) is 0. The first kappa shape index (κ1) is 10.4. The molecule has 1 saturated heterocycles. The van der Waals surface area contributed by atoms with Crippen molar-refractivity contribution in [1.82, 2.24) is 5.32 Å². The van der Waals surface area contributed by atoms with Crippen LogP contribution in [0.4, 0.5) is 0 Å². The van der Waals surface area contributed by atoms with Gasteiger partial charge in [0.15, 0.2) is 0 Å². The summed E-state index contributed by atoms with van der Waals surface area (Å²) in [5.74, 6) is 1.65. The van der Waals surface area contributed by atoms with Gasteiger partial charge in [0.25, 0.3) is 0 Å². The van der Waals surface area contributed by atoms with Gasteiger partial charge in [-0.2, -0.15) is 0 Å². The average molecular weight is 197 g/mol. The van der Waals surface area contributed by atoms with Gasteiger partial charge in [-0.1, -0.05) is 13.8 Å². The zero-order chi connectivity index (χ0) is 10.2. The molecule has 2 aliphatic rings. The van der Waals surface area contributed by atoms with Gasteiger partial charge in [-0.3, -0.25) is 0 Å². The molecule has 2 fully saturated rings. The van der Waals surface area contributed by atoms with E-state index in [4.69, 9.17) is 4.74 Å². The fourth-order valence-electron chi connectivity index (χ4n) is 3.46. The summed E-state index contributed by atoms with van der Waals surface area (Å²) >= 11 is 0. The highest BCUT2D eigenvalue weighted by atomic mass is 16.5. The molecule has 0 aromatic rings. The lowest BCUT2D eigenvalue weighted by molar-refractivity contribution is -0.143. The molecule has 0 radical (unpaired) electrons. The summed E-state index contributed by atoms with van der Waals surface area (Å²) in [7, 11) is 0. The van der Waals surface area contributed by atoms with Gasteiger partial charge < -0.3 is 10.1 Å². The maximum Gasteiger partial charge on any atom is 0.0815 e. The molecule has 1 aliphatic heterocycles. The molecule has 0 amide bonds. The monoisotopic (exact) mass is 197 g/mol. The van der Waals surface area contributed by atoms with E-state index in [2.05, 4.69) is 26.1 Å². The highest BCUT2D eigenvalue weighted by Gasteiger charge is 2.41. The van der Waals surface area contributed by atoms with Crippen molar-refractivity contribution < 1.29 is 4.74 Å². The van der Waals surface area contributed by atoms with Crippen molar-refractivity contribution in [1.29, 1.82) is 0 Å². The maximum atomic E-state index is 6.19. The van der Waals surface area contributed by atoms with Crippen molar-refractivity contribution in [2.75, 3.05) is 13.1 Å². The van der Waals surface area contributed by atoms with Gasteiger partial charge in [-0.25, -0.2) is 0 Å². The Balaban J connectivity index is 2.05. The second kappa shape index (κ2) is 3.82. The molecular weight excluding hydrogens is 174 g/mol. The highest BCUT2D eigenvalue weighted by molar-refractivity contribution is 4.94. The van der Waals surface area contributed by atoms with Gasteiger partial charge in [0.05, 0.1) is 11.7 Å². The second-order valence-corrected chi connectivity index (χ2v) is 5.60. The largest absolute Gasteiger partial charge is 0.369 e. The lowest BCUT2D eigenvalue weighted by atomic mass is 9.73. The molecule has 1 spiro atoms. The second-order valence-electron chi connectivity index (χ2n) is 5.60. The Hall–Kier alpha value is -0.0800.